The molecule has 0 aromatic heterocycles. The first-order valence-electron chi connectivity index (χ1n) is 7.73. The molecule has 0 bridgehead atoms. The average Bonchev–Trinajstić information content (AvgIpc) is 2.47. The molecule has 6 nitrogen and oxygen atoms in total. The number of likely N-dealkylation sites (N-methyl/N-ethyl adjacent to an activating group) is 1. The van der Waals surface area contributed by atoms with Crippen LogP contribution in [0.5, 0.6) is 0 Å². The van der Waals surface area contributed by atoms with E-state index in [9.17, 15) is 13.6 Å². The Morgan fingerprint density at radius 1 is 1.13 bits per heavy atom. The third kappa shape index (κ3) is 4.10. The summed E-state index contributed by atoms with van der Waals surface area (Å²) in [5.74, 6) is 0. The summed E-state index contributed by atoms with van der Waals surface area (Å²) in [6.45, 7) is 7.95. The molecule has 0 amide bonds. The number of nitrogens with zero attached hydrogens (tertiary/aromatic N) is 3. The highest BCUT2D eigenvalue weighted by Gasteiger charge is 2.31. The Morgan fingerprint density at radius 3 is 2.26 bits per heavy atom. The molecule has 0 unspecified atom stereocenters. The van der Waals surface area contributed by atoms with E-state index in [2.05, 4.69) is 4.90 Å². The third-order valence-electron chi connectivity index (χ3n) is 3.95. The molecular weight excluding hydrogens is 314 g/mol. The van der Waals surface area contributed by atoms with E-state index in [-0.39, 0.29) is 4.90 Å². The van der Waals surface area contributed by atoms with Crippen molar-refractivity contribution in [2.24, 2.45) is 0 Å². The monoisotopic (exact) mass is 340 g/mol. The minimum atomic E-state index is -3.57. The normalized spacial score (nSPS) is 19.0. The Bertz CT molecular complexity index is 685. The Hall–Kier alpha value is -1.44. The number of sulfonamides is 1. The SMILES string of the molecule is CN1CCN(S(=O)(=O)c2ccccc2/C=[N+](\O)C(C)(C)C)CC1. The summed E-state index contributed by atoms with van der Waals surface area (Å²) in [4.78, 5) is 2.34. The van der Waals surface area contributed by atoms with Crippen LogP contribution in [-0.2, 0) is 10.0 Å². The Balaban J connectivity index is 2.40. The lowest BCUT2D eigenvalue weighted by Gasteiger charge is -2.31. The molecule has 0 spiro atoms. The van der Waals surface area contributed by atoms with Gasteiger partial charge in [0.15, 0.2) is 0 Å². The van der Waals surface area contributed by atoms with Crippen LogP contribution < -0.4 is 0 Å². The molecule has 128 valence electrons. The van der Waals surface area contributed by atoms with Crippen molar-refractivity contribution in [2.75, 3.05) is 33.2 Å². The lowest BCUT2D eigenvalue weighted by atomic mass is 10.1. The maximum atomic E-state index is 12.9. The number of rotatable bonds is 3. The minimum absolute atomic E-state index is 0.229. The van der Waals surface area contributed by atoms with Gasteiger partial charge in [0, 0.05) is 47.0 Å². The standard InChI is InChI=1S/C16H26N3O3S/c1-16(2,3)19(20)13-14-7-5-6-8-15(14)23(21,22)18-11-9-17(4)10-12-18/h5-8,13,20H,9-12H2,1-4H3/q+1/b19-13-. The van der Waals surface area contributed by atoms with Gasteiger partial charge in [-0.05, 0) is 23.9 Å². The molecule has 1 fully saturated rings. The van der Waals surface area contributed by atoms with Gasteiger partial charge < -0.3 is 4.90 Å². The van der Waals surface area contributed by atoms with Crippen LogP contribution in [0.25, 0.3) is 0 Å². The predicted octanol–water partition coefficient (Wildman–Crippen LogP) is 1.24. The first kappa shape index (κ1) is 17.9. The highest BCUT2D eigenvalue weighted by molar-refractivity contribution is 7.89. The molecule has 0 atom stereocenters. The average molecular weight is 340 g/mol. The smallest absolute Gasteiger partial charge is 0.243 e. The van der Waals surface area contributed by atoms with E-state index in [1.807, 2.05) is 27.8 Å². The van der Waals surface area contributed by atoms with Crippen molar-refractivity contribution >= 4 is 16.2 Å². The highest BCUT2D eigenvalue weighted by atomic mass is 32.2. The maximum Gasteiger partial charge on any atom is 0.243 e. The fourth-order valence-corrected chi connectivity index (χ4v) is 3.91. The molecule has 23 heavy (non-hydrogen) atoms. The molecule has 1 aromatic rings. The van der Waals surface area contributed by atoms with Crippen molar-refractivity contribution in [3.8, 4) is 0 Å². The van der Waals surface area contributed by atoms with Gasteiger partial charge in [-0.2, -0.15) is 4.31 Å². The largest absolute Gasteiger partial charge is 0.304 e. The molecule has 0 saturated carbocycles. The van der Waals surface area contributed by atoms with Crippen LogP contribution in [0.15, 0.2) is 29.2 Å². The van der Waals surface area contributed by atoms with Crippen LogP contribution in [0.2, 0.25) is 0 Å². The summed E-state index contributed by atoms with van der Waals surface area (Å²) >= 11 is 0. The highest BCUT2D eigenvalue weighted by Crippen LogP contribution is 2.20. The van der Waals surface area contributed by atoms with E-state index < -0.39 is 15.6 Å². The van der Waals surface area contributed by atoms with E-state index in [1.54, 1.807) is 24.3 Å². The summed E-state index contributed by atoms with van der Waals surface area (Å²) in [7, 11) is -1.58. The van der Waals surface area contributed by atoms with Gasteiger partial charge in [-0.1, -0.05) is 12.1 Å². The zero-order chi connectivity index (χ0) is 17.3. The molecule has 1 N–H and O–H groups in total. The molecule has 0 aliphatic carbocycles. The summed E-state index contributed by atoms with van der Waals surface area (Å²) in [6.07, 6.45) is 1.48. The van der Waals surface area contributed by atoms with E-state index >= 15 is 0 Å². The van der Waals surface area contributed by atoms with E-state index in [4.69, 9.17) is 0 Å². The van der Waals surface area contributed by atoms with Crippen molar-refractivity contribution < 1.29 is 18.4 Å². The zero-order valence-electron chi connectivity index (χ0n) is 14.2. The quantitative estimate of drug-likeness (QED) is 0.389. The third-order valence-corrected chi connectivity index (χ3v) is 5.92. The van der Waals surface area contributed by atoms with Crippen molar-refractivity contribution in [3.63, 3.8) is 0 Å². The van der Waals surface area contributed by atoms with Crippen molar-refractivity contribution in [1.82, 2.24) is 9.21 Å². The maximum absolute atomic E-state index is 12.9. The number of benzene rings is 1. The first-order chi connectivity index (χ1) is 10.6. The number of hydrogen-bond donors (Lipinski definition) is 1. The second-order valence-corrected chi connectivity index (χ2v) is 8.80. The topological polar surface area (TPSA) is 63.9 Å². The molecule has 1 aromatic carbocycles. The van der Waals surface area contributed by atoms with Gasteiger partial charge >= 0.3 is 0 Å². The van der Waals surface area contributed by atoms with E-state index in [0.29, 0.717) is 18.7 Å². The molecule has 1 aliphatic heterocycles. The summed E-state index contributed by atoms with van der Waals surface area (Å²) in [6, 6.07) is 6.78. The van der Waals surface area contributed by atoms with Gasteiger partial charge in [0.25, 0.3) is 0 Å². The van der Waals surface area contributed by atoms with Crippen LogP contribution in [0.4, 0.5) is 0 Å². The second-order valence-electron chi connectivity index (χ2n) is 6.89. The molecule has 1 aliphatic rings. The van der Waals surface area contributed by atoms with Crippen LogP contribution in [0.3, 0.4) is 0 Å². The number of hydroxylamine groups is 1. The Labute approximate surface area is 138 Å². The van der Waals surface area contributed by atoms with Gasteiger partial charge in [-0.25, -0.2) is 8.42 Å². The molecule has 2 rings (SSSR count). The lowest BCUT2D eigenvalue weighted by Crippen LogP contribution is -2.47. The summed E-state index contributed by atoms with van der Waals surface area (Å²) in [5, 5.41) is 10.1. The zero-order valence-corrected chi connectivity index (χ0v) is 15.0. The minimum Gasteiger partial charge on any atom is -0.304 e. The van der Waals surface area contributed by atoms with Gasteiger partial charge in [-0.3, -0.25) is 5.21 Å². The molecule has 1 heterocycles. The number of hydrogen-bond acceptors (Lipinski definition) is 4. The van der Waals surface area contributed by atoms with Gasteiger partial charge in [-0.15, -0.1) is 0 Å². The number of piperazine rings is 1. The Kier molecular flexibility index (Phi) is 5.13. The lowest BCUT2D eigenvalue weighted by molar-refractivity contribution is -0.816. The fourth-order valence-electron chi connectivity index (χ4n) is 2.32. The first-order valence-corrected chi connectivity index (χ1v) is 9.17. The van der Waals surface area contributed by atoms with Gasteiger partial charge in [0.2, 0.25) is 21.8 Å². The van der Waals surface area contributed by atoms with E-state index in [1.165, 1.54) is 10.5 Å². The van der Waals surface area contributed by atoms with Crippen LogP contribution >= 0.6 is 0 Å². The van der Waals surface area contributed by atoms with Crippen LogP contribution in [0.1, 0.15) is 26.3 Å². The van der Waals surface area contributed by atoms with Gasteiger partial charge in [0.05, 0.1) is 10.5 Å². The Morgan fingerprint density at radius 2 is 1.70 bits per heavy atom. The fraction of sp³-hybridized carbons (Fsp3) is 0.562. The van der Waals surface area contributed by atoms with Crippen LogP contribution in [-0.4, -0.2) is 72.5 Å². The van der Waals surface area contributed by atoms with Crippen molar-refractivity contribution in [1.29, 1.82) is 0 Å². The molecule has 7 heteroatoms. The van der Waals surface area contributed by atoms with Crippen molar-refractivity contribution in [3.05, 3.63) is 29.8 Å². The summed E-state index contributed by atoms with van der Waals surface area (Å²) in [5.41, 5.74) is -0.0195. The predicted molar refractivity (Wildman–Crippen MR) is 89.7 cm³/mol. The molecule has 0 radical (unpaired) electrons. The summed E-state index contributed by atoms with van der Waals surface area (Å²) < 4.78 is 28.4. The van der Waals surface area contributed by atoms with Crippen LogP contribution in [0, 0.1) is 0 Å². The van der Waals surface area contributed by atoms with Gasteiger partial charge in [0.1, 0.15) is 0 Å². The molecule has 1 saturated heterocycles. The van der Waals surface area contributed by atoms with E-state index in [0.717, 1.165) is 17.8 Å². The van der Waals surface area contributed by atoms with Crippen molar-refractivity contribution in [2.45, 2.75) is 31.2 Å². The second kappa shape index (κ2) is 6.59. The molecular formula is C16H26N3O3S+.